The van der Waals surface area contributed by atoms with E-state index in [4.69, 9.17) is 17.0 Å². The van der Waals surface area contributed by atoms with Crippen molar-refractivity contribution in [3.8, 4) is 5.75 Å². The van der Waals surface area contributed by atoms with Crippen molar-refractivity contribution in [3.05, 3.63) is 64.1 Å². The zero-order valence-electron chi connectivity index (χ0n) is 13.6. The topological polar surface area (TPSA) is 90.5 Å². The lowest BCUT2D eigenvalue weighted by Gasteiger charge is -2.09. The number of carboxylic acid groups (broad SMARTS) is 1. The van der Waals surface area contributed by atoms with E-state index in [1.165, 1.54) is 30.3 Å². The second-order valence-corrected chi connectivity index (χ2v) is 6.35. The van der Waals surface area contributed by atoms with E-state index in [-0.39, 0.29) is 10.7 Å². The molecule has 0 aliphatic carbocycles. The van der Waals surface area contributed by atoms with E-state index in [2.05, 4.69) is 26.6 Å². The van der Waals surface area contributed by atoms with E-state index in [1.807, 2.05) is 12.1 Å². The van der Waals surface area contributed by atoms with Crippen molar-refractivity contribution >= 4 is 56.9 Å². The van der Waals surface area contributed by atoms with Gasteiger partial charge in [0.05, 0.1) is 13.1 Å². The maximum absolute atomic E-state index is 12.0. The SMILES string of the molecule is COc1ccc(Br)cc1/C=C/C(=O)NC(=S)Nc1ccc(C(=O)[O-])cc1. The maximum atomic E-state index is 12.0. The second kappa shape index (κ2) is 9.12. The highest BCUT2D eigenvalue weighted by atomic mass is 79.9. The average molecular weight is 434 g/mol. The summed E-state index contributed by atoms with van der Waals surface area (Å²) in [4.78, 5) is 22.7. The minimum Gasteiger partial charge on any atom is -0.545 e. The van der Waals surface area contributed by atoms with Crippen LogP contribution < -0.4 is 20.5 Å². The first-order valence-electron chi connectivity index (χ1n) is 7.34. The van der Waals surface area contributed by atoms with E-state index >= 15 is 0 Å². The number of amides is 1. The van der Waals surface area contributed by atoms with Gasteiger partial charge in [-0.05, 0) is 54.2 Å². The maximum Gasteiger partial charge on any atom is 0.250 e. The van der Waals surface area contributed by atoms with Gasteiger partial charge >= 0.3 is 0 Å². The van der Waals surface area contributed by atoms with Crippen LogP contribution in [0.4, 0.5) is 5.69 Å². The molecule has 0 atom stereocenters. The molecule has 6 nitrogen and oxygen atoms in total. The highest BCUT2D eigenvalue weighted by Crippen LogP contribution is 2.24. The Morgan fingerprint density at radius 3 is 2.50 bits per heavy atom. The highest BCUT2D eigenvalue weighted by molar-refractivity contribution is 9.10. The largest absolute Gasteiger partial charge is 0.545 e. The quantitative estimate of drug-likeness (QED) is 0.555. The molecular weight excluding hydrogens is 420 g/mol. The lowest BCUT2D eigenvalue weighted by atomic mass is 10.2. The molecule has 0 unspecified atom stereocenters. The predicted molar refractivity (Wildman–Crippen MR) is 105 cm³/mol. The van der Waals surface area contributed by atoms with Crippen molar-refractivity contribution < 1.29 is 19.4 Å². The molecule has 0 saturated heterocycles. The van der Waals surface area contributed by atoms with Crippen LogP contribution in [0.25, 0.3) is 6.08 Å². The van der Waals surface area contributed by atoms with Crippen molar-refractivity contribution in [2.75, 3.05) is 12.4 Å². The summed E-state index contributed by atoms with van der Waals surface area (Å²) < 4.78 is 6.09. The fourth-order valence-corrected chi connectivity index (χ4v) is 2.60. The fraction of sp³-hybridized carbons (Fsp3) is 0.0556. The molecule has 0 aliphatic heterocycles. The molecule has 0 radical (unpaired) electrons. The van der Waals surface area contributed by atoms with E-state index in [0.717, 1.165) is 10.0 Å². The summed E-state index contributed by atoms with van der Waals surface area (Å²) in [6, 6.07) is 11.2. The monoisotopic (exact) mass is 433 g/mol. The Hall–Kier alpha value is -2.71. The highest BCUT2D eigenvalue weighted by Gasteiger charge is 2.04. The lowest BCUT2D eigenvalue weighted by molar-refractivity contribution is -0.255. The van der Waals surface area contributed by atoms with Gasteiger partial charge in [0.15, 0.2) is 5.11 Å². The van der Waals surface area contributed by atoms with Crippen molar-refractivity contribution in [2.45, 2.75) is 0 Å². The molecular formula is C18H14BrN2O4S-. The van der Waals surface area contributed by atoms with Gasteiger partial charge in [-0.25, -0.2) is 0 Å². The lowest BCUT2D eigenvalue weighted by Crippen LogP contribution is -2.32. The van der Waals surface area contributed by atoms with Gasteiger partial charge in [-0.3, -0.25) is 10.1 Å². The zero-order valence-corrected chi connectivity index (χ0v) is 16.0. The molecule has 0 aliphatic rings. The van der Waals surface area contributed by atoms with Crippen LogP contribution in [-0.4, -0.2) is 24.1 Å². The molecule has 0 bridgehead atoms. The third-order valence-corrected chi connectivity index (χ3v) is 3.92. The summed E-state index contributed by atoms with van der Waals surface area (Å²) in [5, 5.41) is 16.1. The molecule has 0 heterocycles. The zero-order chi connectivity index (χ0) is 19.1. The number of carbonyl (C=O) groups is 2. The number of rotatable bonds is 5. The number of thiocarbonyl (C=S) groups is 1. The predicted octanol–water partition coefficient (Wildman–Crippen LogP) is 2.35. The number of aromatic carboxylic acids is 1. The molecule has 0 aromatic heterocycles. The van der Waals surface area contributed by atoms with Gasteiger partial charge in [-0.15, -0.1) is 0 Å². The van der Waals surface area contributed by atoms with Gasteiger partial charge in [0.2, 0.25) is 5.91 Å². The van der Waals surface area contributed by atoms with Gasteiger partial charge in [0.1, 0.15) is 5.75 Å². The molecule has 0 spiro atoms. The first-order chi connectivity index (χ1) is 12.4. The summed E-state index contributed by atoms with van der Waals surface area (Å²) in [5.74, 6) is -1.05. The summed E-state index contributed by atoms with van der Waals surface area (Å²) in [6.07, 6.45) is 2.94. The van der Waals surface area contributed by atoms with E-state index < -0.39 is 11.9 Å². The Kier molecular flexibility index (Phi) is 6.88. The summed E-state index contributed by atoms with van der Waals surface area (Å²) in [7, 11) is 1.55. The van der Waals surface area contributed by atoms with E-state index in [1.54, 1.807) is 19.3 Å². The molecule has 1 amide bonds. The number of hydrogen-bond donors (Lipinski definition) is 2. The van der Waals surface area contributed by atoms with Crippen LogP contribution in [0.2, 0.25) is 0 Å². The van der Waals surface area contributed by atoms with E-state index in [0.29, 0.717) is 11.4 Å². The van der Waals surface area contributed by atoms with Crippen molar-refractivity contribution in [1.29, 1.82) is 0 Å². The summed E-state index contributed by atoms with van der Waals surface area (Å²) in [5.41, 5.74) is 1.32. The Bertz CT molecular complexity index is 866. The molecule has 2 aromatic carbocycles. The van der Waals surface area contributed by atoms with Crippen molar-refractivity contribution in [3.63, 3.8) is 0 Å². The number of nitrogens with one attached hydrogen (secondary N) is 2. The number of halogens is 1. The van der Waals surface area contributed by atoms with Crippen molar-refractivity contribution in [1.82, 2.24) is 5.32 Å². The van der Waals surface area contributed by atoms with Crippen LogP contribution in [0.1, 0.15) is 15.9 Å². The van der Waals surface area contributed by atoms with E-state index in [9.17, 15) is 14.7 Å². The smallest absolute Gasteiger partial charge is 0.250 e. The van der Waals surface area contributed by atoms with Crippen LogP contribution >= 0.6 is 28.1 Å². The minimum absolute atomic E-state index is 0.0522. The molecule has 8 heteroatoms. The number of carbonyl (C=O) groups excluding carboxylic acids is 2. The molecule has 0 fully saturated rings. The van der Waals surface area contributed by atoms with Crippen molar-refractivity contribution in [2.24, 2.45) is 0 Å². The number of benzene rings is 2. The number of ether oxygens (including phenoxy) is 1. The van der Waals surface area contributed by atoms with Gasteiger partial charge < -0.3 is 20.0 Å². The van der Waals surface area contributed by atoms with Gasteiger partial charge in [0.25, 0.3) is 0 Å². The fourth-order valence-electron chi connectivity index (χ4n) is 2.01. The summed E-state index contributed by atoms with van der Waals surface area (Å²) >= 11 is 8.42. The Labute approximate surface area is 164 Å². The standard InChI is InChI=1S/C18H15BrN2O4S/c1-25-15-8-5-13(19)10-12(15)4-9-16(22)21-18(26)20-14-6-2-11(3-7-14)17(23)24/h2-10H,1H3,(H,23,24)(H2,20,21,22,26)/p-1/b9-4+. The van der Waals surface area contributed by atoms with Gasteiger partial charge in [0, 0.05) is 21.8 Å². The molecule has 2 aromatic rings. The molecule has 26 heavy (non-hydrogen) atoms. The molecule has 2 rings (SSSR count). The van der Waals surface area contributed by atoms with Gasteiger partial charge in [-0.1, -0.05) is 28.1 Å². The Morgan fingerprint density at radius 1 is 1.19 bits per heavy atom. The Balaban J connectivity index is 1.95. The minimum atomic E-state index is -1.26. The van der Waals surface area contributed by atoms with Crippen LogP contribution in [0.3, 0.4) is 0 Å². The Morgan fingerprint density at radius 2 is 1.88 bits per heavy atom. The van der Waals surface area contributed by atoms with Crippen LogP contribution in [0.5, 0.6) is 5.75 Å². The third-order valence-electron chi connectivity index (χ3n) is 3.22. The van der Waals surface area contributed by atoms with Crippen LogP contribution in [0, 0.1) is 0 Å². The van der Waals surface area contributed by atoms with Crippen LogP contribution in [0.15, 0.2) is 53.0 Å². The first kappa shape index (κ1) is 19.6. The normalized spacial score (nSPS) is 10.4. The van der Waals surface area contributed by atoms with Crippen LogP contribution in [-0.2, 0) is 4.79 Å². The molecule has 134 valence electrons. The average Bonchev–Trinajstić information content (AvgIpc) is 2.60. The summed E-state index contributed by atoms with van der Waals surface area (Å²) in [6.45, 7) is 0. The number of methoxy groups -OCH3 is 1. The second-order valence-electron chi connectivity index (χ2n) is 5.03. The third kappa shape index (κ3) is 5.68. The number of hydrogen-bond acceptors (Lipinski definition) is 5. The van der Waals surface area contributed by atoms with Gasteiger partial charge in [-0.2, -0.15) is 0 Å². The first-order valence-corrected chi connectivity index (χ1v) is 8.54. The number of carboxylic acids is 1. The number of anilines is 1. The molecule has 0 saturated carbocycles. The molecule has 2 N–H and O–H groups in total.